The largest absolute Gasteiger partial charge is 0.393 e. The van der Waals surface area contributed by atoms with Gasteiger partial charge in [0.25, 0.3) is 0 Å². The van der Waals surface area contributed by atoms with Crippen molar-refractivity contribution in [2.75, 3.05) is 6.54 Å². The molecule has 2 rings (SSSR count). The van der Waals surface area contributed by atoms with Crippen molar-refractivity contribution in [3.05, 3.63) is 0 Å². The maximum atomic E-state index is 9.45. The number of aliphatic hydroxyl groups is 1. The van der Waals surface area contributed by atoms with E-state index in [0.29, 0.717) is 6.04 Å². The topological polar surface area (TPSA) is 32.3 Å². The van der Waals surface area contributed by atoms with Crippen molar-refractivity contribution in [3.8, 4) is 0 Å². The number of aliphatic hydroxyl groups excluding tert-OH is 1. The lowest BCUT2D eigenvalue weighted by Crippen LogP contribution is -2.35. The van der Waals surface area contributed by atoms with Gasteiger partial charge < -0.3 is 10.4 Å². The number of nitrogens with one attached hydrogen (secondary N) is 1. The lowest BCUT2D eigenvalue weighted by molar-refractivity contribution is 0.116. The van der Waals surface area contributed by atoms with Crippen LogP contribution < -0.4 is 5.32 Å². The highest BCUT2D eigenvalue weighted by Crippen LogP contribution is 2.30. The summed E-state index contributed by atoms with van der Waals surface area (Å²) >= 11 is 0. The van der Waals surface area contributed by atoms with Crippen molar-refractivity contribution in [1.29, 1.82) is 0 Å². The average Bonchev–Trinajstić information content (AvgIpc) is 2.34. The highest BCUT2D eigenvalue weighted by atomic mass is 16.3. The summed E-state index contributed by atoms with van der Waals surface area (Å²) in [6.45, 7) is 3.58. The lowest BCUT2D eigenvalue weighted by Gasteiger charge is -2.29. The summed E-state index contributed by atoms with van der Waals surface area (Å²) < 4.78 is 0. The molecule has 0 heterocycles. The maximum Gasteiger partial charge on any atom is 0.0541 e. The van der Waals surface area contributed by atoms with Crippen LogP contribution in [0.4, 0.5) is 0 Å². The van der Waals surface area contributed by atoms with Crippen LogP contribution >= 0.6 is 0 Å². The maximum absolute atomic E-state index is 9.45. The molecule has 0 amide bonds. The standard InChI is InChI=1S/C15H29NO/c1-12-2-4-13(5-3-12)10-11-16-14-6-8-15(17)9-7-14/h12-17H,2-11H2,1H3. The summed E-state index contributed by atoms with van der Waals surface area (Å²) in [7, 11) is 0. The molecular weight excluding hydrogens is 210 g/mol. The van der Waals surface area contributed by atoms with Gasteiger partial charge in [-0.05, 0) is 50.5 Å². The van der Waals surface area contributed by atoms with Gasteiger partial charge in [-0.3, -0.25) is 0 Å². The molecule has 2 aliphatic carbocycles. The molecule has 0 radical (unpaired) electrons. The second kappa shape index (κ2) is 6.75. The molecule has 0 atom stereocenters. The van der Waals surface area contributed by atoms with E-state index in [1.165, 1.54) is 51.5 Å². The molecule has 0 unspecified atom stereocenters. The fourth-order valence-corrected chi connectivity index (χ4v) is 3.39. The van der Waals surface area contributed by atoms with Crippen molar-refractivity contribution in [1.82, 2.24) is 5.32 Å². The summed E-state index contributed by atoms with van der Waals surface area (Å²) in [6.07, 6.45) is 11.5. The van der Waals surface area contributed by atoms with Crippen molar-refractivity contribution in [2.45, 2.75) is 76.9 Å². The zero-order valence-corrected chi connectivity index (χ0v) is 11.3. The van der Waals surface area contributed by atoms with Crippen molar-refractivity contribution >= 4 is 0 Å². The summed E-state index contributed by atoms with van der Waals surface area (Å²) in [5.74, 6) is 1.95. The molecule has 0 aromatic heterocycles. The third kappa shape index (κ3) is 4.59. The summed E-state index contributed by atoms with van der Waals surface area (Å²) in [6, 6.07) is 0.681. The Hall–Kier alpha value is -0.0800. The van der Waals surface area contributed by atoms with E-state index in [0.717, 1.165) is 24.7 Å². The minimum absolute atomic E-state index is 0.0205. The Morgan fingerprint density at radius 1 is 0.941 bits per heavy atom. The molecule has 0 aliphatic heterocycles. The number of hydrogen-bond donors (Lipinski definition) is 2. The van der Waals surface area contributed by atoms with Gasteiger partial charge >= 0.3 is 0 Å². The number of rotatable bonds is 4. The van der Waals surface area contributed by atoms with E-state index < -0.39 is 0 Å². The van der Waals surface area contributed by atoms with E-state index in [9.17, 15) is 5.11 Å². The van der Waals surface area contributed by atoms with Gasteiger partial charge in [-0.15, -0.1) is 0 Å². The van der Waals surface area contributed by atoms with Crippen LogP contribution in [0, 0.1) is 11.8 Å². The molecule has 2 nitrogen and oxygen atoms in total. The van der Waals surface area contributed by atoms with Gasteiger partial charge in [0, 0.05) is 6.04 Å². The average molecular weight is 239 g/mol. The molecule has 2 fully saturated rings. The van der Waals surface area contributed by atoms with E-state index in [-0.39, 0.29) is 6.10 Å². The highest BCUT2D eigenvalue weighted by Gasteiger charge is 2.20. The lowest BCUT2D eigenvalue weighted by atomic mass is 9.81. The predicted molar refractivity (Wildman–Crippen MR) is 72.0 cm³/mol. The quantitative estimate of drug-likeness (QED) is 0.790. The molecule has 2 N–H and O–H groups in total. The van der Waals surface area contributed by atoms with E-state index in [2.05, 4.69) is 12.2 Å². The molecule has 0 saturated heterocycles. The molecule has 0 bridgehead atoms. The first kappa shape index (κ1) is 13.4. The van der Waals surface area contributed by atoms with Gasteiger partial charge in [0.1, 0.15) is 0 Å². The Bertz CT molecular complexity index is 181. The van der Waals surface area contributed by atoms with Crippen LogP contribution in [0.3, 0.4) is 0 Å². The Morgan fingerprint density at radius 2 is 1.59 bits per heavy atom. The fraction of sp³-hybridized carbons (Fsp3) is 1.00. The molecular formula is C15H29NO. The van der Waals surface area contributed by atoms with Gasteiger partial charge in [-0.2, -0.15) is 0 Å². The van der Waals surface area contributed by atoms with Gasteiger partial charge in [-0.25, -0.2) is 0 Å². The smallest absolute Gasteiger partial charge is 0.0541 e. The third-order valence-corrected chi connectivity index (χ3v) is 4.82. The Morgan fingerprint density at radius 3 is 2.24 bits per heavy atom. The monoisotopic (exact) mass is 239 g/mol. The Kier molecular flexibility index (Phi) is 5.30. The van der Waals surface area contributed by atoms with Crippen LogP contribution in [0.15, 0.2) is 0 Å². The fourth-order valence-electron chi connectivity index (χ4n) is 3.39. The van der Waals surface area contributed by atoms with Gasteiger partial charge in [-0.1, -0.05) is 32.6 Å². The van der Waals surface area contributed by atoms with Crippen LogP contribution in [0.5, 0.6) is 0 Å². The zero-order chi connectivity index (χ0) is 12.1. The number of hydrogen-bond acceptors (Lipinski definition) is 2. The molecule has 2 saturated carbocycles. The first-order valence-electron chi connectivity index (χ1n) is 7.65. The van der Waals surface area contributed by atoms with E-state index in [1.807, 2.05) is 0 Å². The van der Waals surface area contributed by atoms with Crippen molar-refractivity contribution in [2.24, 2.45) is 11.8 Å². The summed E-state index contributed by atoms with van der Waals surface area (Å²) in [5.41, 5.74) is 0. The molecule has 2 aliphatic rings. The second-order valence-electron chi connectivity index (χ2n) is 6.37. The minimum Gasteiger partial charge on any atom is -0.393 e. The van der Waals surface area contributed by atoms with Crippen LogP contribution in [0.1, 0.15) is 64.7 Å². The van der Waals surface area contributed by atoms with Gasteiger partial charge in [0.15, 0.2) is 0 Å². The van der Waals surface area contributed by atoms with Crippen LogP contribution in [-0.2, 0) is 0 Å². The predicted octanol–water partition coefficient (Wildman–Crippen LogP) is 3.10. The zero-order valence-electron chi connectivity index (χ0n) is 11.3. The summed E-state index contributed by atoms with van der Waals surface area (Å²) in [5, 5.41) is 13.1. The molecule has 17 heavy (non-hydrogen) atoms. The Labute approximate surface area is 106 Å². The van der Waals surface area contributed by atoms with Crippen molar-refractivity contribution < 1.29 is 5.11 Å². The molecule has 0 aromatic rings. The van der Waals surface area contributed by atoms with Gasteiger partial charge in [0.2, 0.25) is 0 Å². The molecule has 0 aromatic carbocycles. The second-order valence-corrected chi connectivity index (χ2v) is 6.37. The molecule has 100 valence electrons. The van der Waals surface area contributed by atoms with E-state index >= 15 is 0 Å². The van der Waals surface area contributed by atoms with Crippen molar-refractivity contribution in [3.63, 3.8) is 0 Å². The SMILES string of the molecule is CC1CCC(CCNC2CCC(O)CC2)CC1. The normalized spacial score (nSPS) is 39.2. The summed E-state index contributed by atoms with van der Waals surface area (Å²) in [4.78, 5) is 0. The van der Waals surface area contributed by atoms with Gasteiger partial charge in [0.05, 0.1) is 6.10 Å². The highest BCUT2D eigenvalue weighted by molar-refractivity contribution is 4.77. The Balaban J connectivity index is 1.54. The first-order valence-corrected chi connectivity index (χ1v) is 7.65. The first-order chi connectivity index (χ1) is 8.24. The van der Waals surface area contributed by atoms with E-state index in [1.54, 1.807) is 0 Å². The minimum atomic E-state index is -0.0205. The third-order valence-electron chi connectivity index (χ3n) is 4.82. The molecule has 0 spiro atoms. The van der Waals surface area contributed by atoms with E-state index in [4.69, 9.17) is 0 Å². The molecule has 2 heteroatoms. The van der Waals surface area contributed by atoms with Crippen LogP contribution in [0.2, 0.25) is 0 Å². The van der Waals surface area contributed by atoms with Crippen LogP contribution in [-0.4, -0.2) is 23.8 Å². The van der Waals surface area contributed by atoms with Crippen LogP contribution in [0.25, 0.3) is 0 Å².